The van der Waals surface area contributed by atoms with Crippen LogP contribution < -0.4 is 4.74 Å². The maximum atomic E-state index is 10.4. The van der Waals surface area contributed by atoms with E-state index in [1.54, 1.807) is 24.3 Å². The molecule has 0 aliphatic carbocycles. The third-order valence-electron chi connectivity index (χ3n) is 1.89. The second-order valence-corrected chi connectivity index (χ2v) is 3.16. The van der Waals surface area contributed by atoms with Crippen molar-refractivity contribution in [1.29, 1.82) is 0 Å². The first-order chi connectivity index (χ1) is 7.63. The molecule has 5 heteroatoms. The van der Waals surface area contributed by atoms with Crippen LogP contribution in [0.4, 0.5) is 0 Å². The molecule has 0 aliphatic heterocycles. The van der Waals surface area contributed by atoms with Crippen molar-refractivity contribution < 1.29 is 14.4 Å². The summed E-state index contributed by atoms with van der Waals surface area (Å²) in [5.41, 5.74) is 0.865. The monoisotopic (exact) mass is 223 g/mol. The van der Waals surface area contributed by atoms with Gasteiger partial charge in [0, 0.05) is 20.1 Å². The van der Waals surface area contributed by atoms with E-state index in [1.165, 1.54) is 20.1 Å². The molecule has 86 valence electrons. The van der Waals surface area contributed by atoms with Crippen molar-refractivity contribution in [2.75, 3.05) is 13.9 Å². The highest BCUT2D eigenvalue weighted by Crippen LogP contribution is 2.14. The highest BCUT2D eigenvalue weighted by molar-refractivity contribution is 5.51. The summed E-state index contributed by atoms with van der Waals surface area (Å²) >= 11 is 0. The van der Waals surface area contributed by atoms with Crippen molar-refractivity contribution in [3.05, 3.63) is 45.6 Å². The number of methoxy groups -OCH3 is 1. The number of ether oxygens (including phenoxy) is 2. The fourth-order valence-corrected chi connectivity index (χ4v) is 1.08. The summed E-state index contributed by atoms with van der Waals surface area (Å²) in [5, 5.41) is 10.4. The van der Waals surface area contributed by atoms with Gasteiger partial charge >= 0.3 is 0 Å². The van der Waals surface area contributed by atoms with E-state index in [4.69, 9.17) is 9.47 Å². The smallest absolute Gasteiger partial charge is 0.243 e. The lowest BCUT2D eigenvalue weighted by atomic mass is 10.2. The van der Waals surface area contributed by atoms with E-state index in [0.717, 1.165) is 5.56 Å². The fourth-order valence-electron chi connectivity index (χ4n) is 1.08. The molecule has 16 heavy (non-hydrogen) atoms. The molecule has 0 N–H and O–H groups in total. The second kappa shape index (κ2) is 5.87. The molecule has 0 spiro atoms. The Kier molecular flexibility index (Phi) is 4.47. The number of benzene rings is 1. The zero-order valence-corrected chi connectivity index (χ0v) is 9.17. The van der Waals surface area contributed by atoms with Gasteiger partial charge in [-0.3, -0.25) is 10.1 Å². The Hall–Kier alpha value is -1.88. The number of nitro groups is 1. The lowest BCUT2D eigenvalue weighted by molar-refractivity contribution is -0.422. The minimum Gasteiger partial charge on any atom is -0.468 e. The first-order valence-corrected chi connectivity index (χ1v) is 4.68. The van der Waals surface area contributed by atoms with Crippen LogP contribution in [0, 0.1) is 10.1 Å². The zero-order valence-electron chi connectivity index (χ0n) is 9.17. The van der Waals surface area contributed by atoms with Gasteiger partial charge in [0.25, 0.3) is 0 Å². The van der Waals surface area contributed by atoms with Gasteiger partial charge in [-0.15, -0.1) is 0 Å². The van der Waals surface area contributed by atoms with Gasteiger partial charge in [0.2, 0.25) is 5.70 Å². The Labute approximate surface area is 93.4 Å². The number of allylic oxidation sites excluding steroid dienone is 1. The first kappa shape index (κ1) is 12.2. The average molecular weight is 223 g/mol. The van der Waals surface area contributed by atoms with Crippen molar-refractivity contribution >= 4 is 6.08 Å². The Morgan fingerprint density at radius 3 is 2.56 bits per heavy atom. The third kappa shape index (κ3) is 3.70. The Balaban J connectivity index is 2.71. The molecular weight excluding hydrogens is 210 g/mol. The summed E-state index contributed by atoms with van der Waals surface area (Å²) in [6.45, 7) is 1.64. The van der Waals surface area contributed by atoms with Crippen molar-refractivity contribution in [3.8, 4) is 5.75 Å². The second-order valence-electron chi connectivity index (χ2n) is 3.16. The molecule has 0 radical (unpaired) electrons. The summed E-state index contributed by atoms with van der Waals surface area (Å²) in [4.78, 5) is 9.99. The molecule has 1 aromatic rings. The van der Waals surface area contributed by atoms with Gasteiger partial charge in [-0.25, -0.2) is 0 Å². The third-order valence-corrected chi connectivity index (χ3v) is 1.89. The molecule has 0 fully saturated rings. The van der Waals surface area contributed by atoms with Gasteiger partial charge in [-0.05, 0) is 17.7 Å². The Bertz CT molecular complexity index is 383. The SMILES string of the molecule is COCOc1ccc(/C=C(\C)[N+](=O)[O-])cc1. The topological polar surface area (TPSA) is 61.6 Å². The van der Waals surface area contributed by atoms with Crippen LogP contribution in [0.2, 0.25) is 0 Å². The number of rotatable bonds is 5. The van der Waals surface area contributed by atoms with E-state index in [9.17, 15) is 10.1 Å². The summed E-state index contributed by atoms with van der Waals surface area (Å²) in [5.74, 6) is 0.665. The molecule has 0 saturated carbocycles. The van der Waals surface area contributed by atoms with Crippen LogP contribution in [0.25, 0.3) is 6.08 Å². The number of hydrogen-bond donors (Lipinski definition) is 0. The van der Waals surface area contributed by atoms with Crippen LogP contribution in [0.3, 0.4) is 0 Å². The van der Waals surface area contributed by atoms with Crippen LogP contribution in [0.1, 0.15) is 12.5 Å². The number of nitrogens with zero attached hydrogens (tertiary/aromatic N) is 1. The maximum Gasteiger partial charge on any atom is 0.243 e. The van der Waals surface area contributed by atoms with Crippen LogP contribution in [0.5, 0.6) is 5.75 Å². The molecule has 0 bridgehead atoms. The van der Waals surface area contributed by atoms with E-state index in [2.05, 4.69) is 0 Å². The van der Waals surface area contributed by atoms with Crippen molar-refractivity contribution in [2.24, 2.45) is 0 Å². The minimum atomic E-state index is -0.421. The van der Waals surface area contributed by atoms with Gasteiger partial charge in [0.05, 0.1) is 4.92 Å². The zero-order chi connectivity index (χ0) is 12.0. The molecule has 1 rings (SSSR count). The van der Waals surface area contributed by atoms with Crippen molar-refractivity contribution in [3.63, 3.8) is 0 Å². The molecule has 1 aromatic carbocycles. The molecule has 0 atom stereocenters. The average Bonchev–Trinajstić information content (AvgIpc) is 2.28. The summed E-state index contributed by atoms with van der Waals surface area (Å²) in [6.07, 6.45) is 1.50. The van der Waals surface area contributed by atoms with Crippen LogP contribution >= 0.6 is 0 Å². The highest BCUT2D eigenvalue weighted by atomic mass is 16.7. The minimum absolute atomic E-state index is 0.102. The molecule has 0 saturated heterocycles. The molecule has 0 unspecified atom stereocenters. The molecule has 0 heterocycles. The molecule has 0 aliphatic rings. The number of hydrogen-bond acceptors (Lipinski definition) is 4. The van der Waals surface area contributed by atoms with E-state index in [1.807, 2.05) is 0 Å². The Morgan fingerprint density at radius 2 is 2.06 bits per heavy atom. The van der Waals surface area contributed by atoms with Gasteiger partial charge in [0.15, 0.2) is 6.79 Å². The lowest BCUT2D eigenvalue weighted by Crippen LogP contribution is -1.98. The van der Waals surface area contributed by atoms with Gasteiger partial charge in [-0.1, -0.05) is 12.1 Å². The van der Waals surface area contributed by atoms with E-state index in [-0.39, 0.29) is 12.5 Å². The summed E-state index contributed by atoms with van der Waals surface area (Å²) in [7, 11) is 1.54. The van der Waals surface area contributed by atoms with Crippen LogP contribution in [0.15, 0.2) is 30.0 Å². The van der Waals surface area contributed by atoms with Crippen molar-refractivity contribution in [1.82, 2.24) is 0 Å². The van der Waals surface area contributed by atoms with Crippen molar-refractivity contribution in [2.45, 2.75) is 6.92 Å². The molecular formula is C11H13NO4. The fraction of sp³-hybridized carbons (Fsp3) is 0.273. The largest absolute Gasteiger partial charge is 0.468 e. The standard InChI is InChI=1S/C11H13NO4/c1-9(12(13)14)7-10-3-5-11(6-4-10)16-8-15-2/h3-7H,8H2,1-2H3/b9-7+. The van der Waals surface area contributed by atoms with Gasteiger partial charge in [0.1, 0.15) is 5.75 Å². The predicted octanol–water partition coefficient (Wildman–Crippen LogP) is 2.31. The predicted molar refractivity (Wildman–Crippen MR) is 59.6 cm³/mol. The van der Waals surface area contributed by atoms with Crippen LogP contribution in [-0.2, 0) is 4.74 Å². The summed E-state index contributed by atoms with van der Waals surface area (Å²) in [6, 6.07) is 6.96. The molecule has 0 aromatic heterocycles. The van der Waals surface area contributed by atoms with Crippen LogP contribution in [-0.4, -0.2) is 18.8 Å². The lowest BCUT2D eigenvalue weighted by Gasteiger charge is -2.03. The first-order valence-electron chi connectivity index (χ1n) is 4.68. The Morgan fingerprint density at radius 1 is 1.44 bits per heavy atom. The quantitative estimate of drug-likeness (QED) is 0.436. The molecule has 5 nitrogen and oxygen atoms in total. The normalized spacial score (nSPS) is 11.2. The molecule has 0 amide bonds. The maximum absolute atomic E-state index is 10.4. The summed E-state index contributed by atoms with van der Waals surface area (Å²) < 4.78 is 9.93. The van der Waals surface area contributed by atoms with Gasteiger partial charge in [-0.2, -0.15) is 0 Å². The van der Waals surface area contributed by atoms with E-state index in [0.29, 0.717) is 5.75 Å². The van der Waals surface area contributed by atoms with E-state index >= 15 is 0 Å². The highest BCUT2D eigenvalue weighted by Gasteiger charge is 2.01. The van der Waals surface area contributed by atoms with Gasteiger partial charge < -0.3 is 9.47 Å². The van der Waals surface area contributed by atoms with E-state index < -0.39 is 4.92 Å².